The van der Waals surface area contributed by atoms with Gasteiger partial charge in [-0.15, -0.1) is 0 Å². The number of halogens is 1. The highest BCUT2D eigenvalue weighted by Crippen LogP contribution is 2.14. The van der Waals surface area contributed by atoms with Gasteiger partial charge in [0.1, 0.15) is 5.82 Å². The second-order valence-corrected chi connectivity index (χ2v) is 3.78. The monoisotopic (exact) mass is 223 g/mol. The van der Waals surface area contributed by atoms with Crippen LogP contribution in [0.25, 0.3) is 0 Å². The molecule has 5 heteroatoms. The first kappa shape index (κ1) is 10.9. The topological polar surface area (TPSA) is 58.4 Å². The highest BCUT2D eigenvalue weighted by atomic mass is 19.1. The van der Waals surface area contributed by atoms with Crippen molar-refractivity contribution in [3.63, 3.8) is 0 Å². The summed E-state index contributed by atoms with van der Waals surface area (Å²) in [4.78, 5) is 12.9. The predicted molar refractivity (Wildman–Crippen MR) is 58.1 cm³/mol. The second-order valence-electron chi connectivity index (χ2n) is 3.78. The number of benzene rings is 1. The zero-order valence-electron chi connectivity index (χ0n) is 8.87. The Balaban J connectivity index is 2.16. The van der Waals surface area contributed by atoms with Crippen LogP contribution in [0.5, 0.6) is 0 Å². The number of hydrogen-bond donors (Lipinski definition) is 2. The molecule has 2 rings (SSSR count). The van der Waals surface area contributed by atoms with Gasteiger partial charge in [-0.2, -0.15) is 0 Å². The van der Waals surface area contributed by atoms with Crippen LogP contribution in [-0.2, 0) is 13.1 Å². The van der Waals surface area contributed by atoms with E-state index >= 15 is 0 Å². The summed E-state index contributed by atoms with van der Waals surface area (Å²) in [6.45, 7) is 1.91. The van der Waals surface area contributed by atoms with E-state index in [1.165, 1.54) is 6.07 Å². The van der Waals surface area contributed by atoms with E-state index in [0.29, 0.717) is 31.7 Å². The largest absolute Gasteiger partial charge is 0.336 e. The van der Waals surface area contributed by atoms with Gasteiger partial charge in [0.05, 0.1) is 6.54 Å². The molecule has 86 valence electrons. The smallest absolute Gasteiger partial charge is 0.317 e. The summed E-state index contributed by atoms with van der Waals surface area (Å²) in [6.07, 6.45) is 0. The molecular weight excluding hydrogens is 209 g/mol. The van der Waals surface area contributed by atoms with Crippen molar-refractivity contribution >= 4 is 6.03 Å². The van der Waals surface area contributed by atoms with E-state index in [-0.39, 0.29) is 11.8 Å². The van der Waals surface area contributed by atoms with Crippen LogP contribution in [0.1, 0.15) is 11.1 Å². The quantitative estimate of drug-likeness (QED) is 0.796. The molecule has 0 radical (unpaired) electrons. The third kappa shape index (κ3) is 2.14. The number of nitrogens with one attached hydrogen (secondary N) is 1. The lowest BCUT2D eigenvalue weighted by atomic mass is 10.1. The number of urea groups is 1. The zero-order valence-corrected chi connectivity index (χ0v) is 8.87. The molecular formula is C11H14FN3O. The molecule has 16 heavy (non-hydrogen) atoms. The van der Waals surface area contributed by atoms with E-state index < -0.39 is 0 Å². The van der Waals surface area contributed by atoms with Crippen molar-refractivity contribution in [3.05, 3.63) is 35.1 Å². The molecule has 1 aliphatic rings. The van der Waals surface area contributed by atoms with Crippen LogP contribution in [0.3, 0.4) is 0 Å². The number of carbonyl (C=O) groups excluding carboxylic acids is 1. The minimum atomic E-state index is -0.295. The van der Waals surface area contributed by atoms with Crippen molar-refractivity contribution < 1.29 is 9.18 Å². The van der Waals surface area contributed by atoms with Gasteiger partial charge >= 0.3 is 6.03 Å². The van der Waals surface area contributed by atoms with Crippen LogP contribution in [0.4, 0.5) is 9.18 Å². The van der Waals surface area contributed by atoms with E-state index in [9.17, 15) is 9.18 Å². The lowest BCUT2D eigenvalue weighted by molar-refractivity contribution is 0.215. The van der Waals surface area contributed by atoms with Crippen LogP contribution in [0, 0.1) is 5.82 Å². The van der Waals surface area contributed by atoms with Crippen molar-refractivity contribution in [2.24, 2.45) is 5.73 Å². The van der Waals surface area contributed by atoms with Crippen molar-refractivity contribution in [1.29, 1.82) is 0 Å². The molecule has 2 amide bonds. The molecule has 0 aliphatic carbocycles. The normalized spacial score (nSPS) is 15.4. The van der Waals surface area contributed by atoms with Gasteiger partial charge < -0.3 is 16.0 Å². The summed E-state index contributed by atoms with van der Waals surface area (Å²) in [6, 6.07) is 4.62. The lowest BCUT2D eigenvalue weighted by Gasteiger charge is -2.15. The van der Waals surface area contributed by atoms with Crippen LogP contribution >= 0.6 is 0 Å². The molecule has 0 atom stereocenters. The molecule has 0 aromatic heterocycles. The predicted octanol–water partition coefficient (Wildman–Crippen LogP) is 0.810. The molecule has 0 unspecified atom stereocenters. The van der Waals surface area contributed by atoms with E-state index in [1.807, 2.05) is 0 Å². The number of nitrogens with zero attached hydrogens (tertiary/aromatic N) is 1. The fourth-order valence-electron chi connectivity index (χ4n) is 1.74. The Morgan fingerprint density at radius 1 is 1.50 bits per heavy atom. The first-order chi connectivity index (χ1) is 7.70. The van der Waals surface area contributed by atoms with E-state index in [1.54, 1.807) is 17.0 Å². The summed E-state index contributed by atoms with van der Waals surface area (Å²) >= 11 is 0. The van der Waals surface area contributed by atoms with Gasteiger partial charge in [0.15, 0.2) is 0 Å². The molecule has 1 aromatic carbocycles. The maximum atomic E-state index is 13.5. The van der Waals surface area contributed by atoms with E-state index in [0.717, 1.165) is 5.56 Å². The van der Waals surface area contributed by atoms with Gasteiger partial charge in [-0.05, 0) is 17.7 Å². The Labute approximate surface area is 93.2 Å². The van der Waals surface area contributed by atoms with Gasteiger partial charge in [-0.3, -0.25) is 0 Å². The van der Waals surface area contributed by atoms with Crippen LogP contribution in [-0.4, -0.2) is 24.0 Å². The van der Waals surface area contributed by atoms with Crippen molar-refractivity contribution in [2.75, 3.05) is 13.1 Å². The standard InChI is InChI=1S/C11H14FN3O/c12-10-2-1-8(6-13)5-9(10)7-15-4-3-14-11(15)16/h1-2,5H,3-4,6-7,13H2,(H,14,16). The Morgan fingerprint density at radius 3 is 2.94 bits per heavy atom. The average molecular weight is 223 g/mol. The van der Waals surface area contributed by atoms with Gasteiger partial charge in [-0.25, -0.2) is 9.18 Å². The van der Waals surface area contributed by atoms with Crippen molar-refractivity contribution in [3.8, 4) is 0 Å². The van der Waals surface area contributed by atoms with Crippen LogP contribution < -0.4 is 11.1 Å². The summed E-state index contributed by atoms with van der Waals surface area (Å²) in [5.41, 5.74) is 6.87. The number of nitrogens with two attached hydrogens (primary N) is 1. The molecule has 1 fully saturated rings. The molecule has 0 saturated carbocycles. The Bertz CT molecular complexity index is 408. The first-order valence-electron chi connectivity index (χ1n) is 5.21. The third-order valence-electron chi connectivity index (χ3n) is 2.65. The Hall–Kier alpha value is -1.62. The van der Waals surface area contributed by atoms with E-state index in [2.05, 4.69) is 5.32 Å². The van der Waals surface area contributed by atoms with Crippen LogP contribution in [0.15, 0.2) is 18.2 Å². The molecule has 0 bridgehead atoms. The van der Waals surface area contributed by atoms with E-state index in [4.69, 9.17) is 5.73 Å². The second kappa shape index (κ2) is 4.49. The van der Waals surface area contributed by atoms with Gasteiger partial charge in [-0.1, -0.05) is 6.07 Å². The fourth-order valence-corrected chi connectivity index (χ4v) is 1.74. The Morgan fingerprint density at radius 2 is 2.31 bits per heavy atom. The minimum absolute atomic E-state index is 0.141. The highest BCUT2D eigenvalue weighted by Gasteiger charge is 2.20. The molecule has 1 saturated heterocycles. The van der Waals surface area contributed by atoms with Crippen molar-refractivity contribution in [2.45, 2.75) is 13.1 Å². The molecule has 4 nitrogen and oxygen atoms in total. The zero-order chi connectivity index (χ0) is 11.5. The molecule has 3 N–H and O–H groups in total. The van der Waals surface area contributed by atoms with Gasteiger partial charge in [0, 0.05) is 25.2 Å². The summed E-state index contributed by atoms with van der Waals surface area (Å²) in [5, 5.41) is 2.68. The third-order valence-corrected chi connectivity index (χ3v) is 2.65. The number of hydrogen-bond acceptors (Lipinski definition) is 2. The summed E-state index contributed by atoms with van der Waals surface area (Å²) < 4.78 is 13.5. The van der Waals surface area contributed by atoms with Gasteiger partial charge in [0.2, 0.25) is 0 Å². The lowest BCUT2D eigenvalue weighted by Crippen LogP contribution is -2.28. The van der Waals surface area contributed by atoms with Gasteiger partial charge in [0.25, 0.3) is 0 Å². The summed E-state index contributed by atoms with van der Waals surface area (Å²) in [7, 11) is 0. The molecule has 1 aliphatic heterocycles. The maximum Gasteiger partial charge on any atom is 0.317 e. The number of amides is 2. The SMILES string of the molecule is NCc1ccc(F)c(CN2CCNC2=O)c1. The Kier molecular flexibility index (Phi) is 3.05. The fraction of sp³-hybridized carbons (Fsp3) is 0.364. The first-order valence-corrected chi connectivity index (χ1v) is 5.21. The molecule has 1 heterocycles. The molecule has 0 spiro atoms. The average Bonchev–Trinajstić information content (AvgIpc) is 2.68. The summed E-state index contributed by atoms with van der Waals surface area (Å²) in [5.74, 6) is -0.295. The highest BCUT2D eigenvalue weighted by molar-refractivity contribution is 5.76. The molecule has 1 aromatic rings. The van der Waals surface area contributed by atoms with Crippen LogP contribution in [0.2, 0.25) is 0 Å². The van der Waals surface area contributed by atoms with Crippen molar-refractivity contribution in [1.82, 2.24) is 10.2 Å². The number of rotatable bonds is 3. The number of carbonyl (C=O) groups is 1. The maximum absolute atomic E-state index is 13.5. The minimum Gasteiger partial charge on any atom is -0.336 e.